The van der Waals surface area contributed by atoms with Crippen molar-refractivity contribution in [2.24, 2.45) is 5.73 Å². The average molecular weight is 398 g/mol. The van der Waals surface area contributed by atoms with Crippen molar-refractivity contribution in [3.05, 3.63) is 64.4 Å². The number of hydrogen-bond donors (Lipinski definition) is 3. The molecule has 0 spiro atoms. The van der Waals surface area contributed by atoms with E-state index in [1.54, 1.807) is 12.4 Å². The molecule has 1 amide bonds. The third kappa shape index (κ3) is 4.19. The maximum absolute atomic E-state index is 11.8. The summed E-state index contributed by atoms with van der Waals surface area (Å²) in [5.41, 5.74) is 10.0. The van der Waals surface area contributed by atoms with Crippen LogP contribution in [0.5, 0.6) is 0 Å². The molecule has 28 heavy (non-hydrogen) atoms. The Morgan fingerprint density at radius 3 is 2.79 bits per heavy atom. The number of halogens is 1. The van der Waals surface area contributed by atoms with Crippen molar-refractivity contribution in [2.45, 2.75) is 18.9 Å². The number of primary amides is 1. The van der Waals surface area contributed by atoms with Crippen molar-refractivity contribution in [2.75, 3.05) is 26.2 Å². The lowest BCUT2D eigenvalue weighted by molar-refractivity contribution is 0.1000. The summed E-state index contributed by atoms with van der Waals surface area (Å²) in [7, 11) is 0. The fourth-order valence-electron chi connectivity index (χ4n) is 3.99. The van der Waals surface area contributed by atoms with E-state index < -0.39 is 5.91 Å². The molecule has 1 unspecified atom stereocenters. The van der Waals surface area contributed by atoms with E-state index in [9.17, 15) is 4.79 Å². The molecule has 1 aliphatic heterocycles. The zero-order valence-electron chi connectivity index (χ0n) is 15.6. The fraction of sp³-hybridized carbons (Fsp3) is 0.333. The Morgan fingerprint density at radius 1 is 1.21 bits per heavy atom. The number of imidazole rings is 1. The van der Waals surface area contributed by atoms with Crippen molar-refractivity contribution < 1.29 is 4.79 Å². The molecule has 7 heteroatoms. The first kappa shape index (κ1) is 18.9. The maximum Gasteiger partial charge on any atom is 0.248 e. The van der Waals surface area contributed by atoms with Gasteiger partial charge in [-0.15, -0.1) is 0 Å². The van der Waals surface area contributed by atoms with Crippen LogP contribution < -0.4 is 11.1 Å². The van der Waals surface area contributed by atoms with E-state index in [-0.39, 0.29) is 6.04 Å². The van der Waals surface area contributed by atoms with Crippen LogP contribution in [-0.4, -0.2) is 53.0 Å². The minimum absolute atomic E-state index is 0.281. The molecule has 0 radical (unpaired) electrons. The Morgan fingerprint density at radius 2 is 2.04 bits per heavy atom. The Kier molecular flexibility index (Phi) is 5.62. The van der Waals surface area contributed by atoms with Gasteiger partial charge in [0.25, 0.3) is 0 Å². The predicted octanol–water partition coefficient (Wildman–Crippen LogP) is 2.37. The molecule has 4 rings (SSSR count). The van der Waals surface area contributed by atoms with Crippen LogP contribution in [0.1, 0.15) is 21.5 Å². The Hall–Kier alpha value is -2.41. The van der Waals surface area contributed by atoms with E-state index in [0.29, 0.717) is 5.56 Å². The number of piperazine rings is 1. The molecule has 1 fully saturated rings. The highest BCUT2D eigenvalue weighted by atomic mass is 35.5. The van der Waals surface area contributed by atoms with Crippen LogP contribution in [0, 0.1) is 0 Å². The molecular weight excluding hydrogens is 374 g/mol. The van der Waals surface area contributed by atoms with Crippen LogP contribution in [0.15, 0.2) is 42.7 Å². The van der Waals surface area contributed by atoms with Crippen LogP contribution in [0.4, 0.5) is 0 Å². The Labute approximate surface area is 169 Å². The second-order valence-electron chi connectivity index (χ2n) is 7.28. The number of nitrogens with one attached hydrogen (secondary N) is 2. The predicted molar refractivity (Wildman–Crippen MR) is 112 cm³/mol. The number of carbonyl (C=O) groups is 1. The van der Waals surface area contributed by atoms with E-state index >= 15 is 0 Å². The van der Waals surface area contributed by atoms with Gasteiger partial charge in [-0.2, -0.15) is 0 Å². The summed E-state index contributed by atoms with van der Waals surface area (Å²) in [5.74, 6) is -0.425. The number of nitrogens with two attached hydrogens (primary N) is 1. The van der Waals surface area contributed by atoms with Gasteiger partial charge in [0.1, 0.15) is 0 Å². The van der Waals surface area contributed by atoms with Crippen LogP contribution in [0.25, 0.3) is 11.0 Å². The molecule has 6 nitrogen and oxygen atoms in total. The van der Waals surface area contributed by atoms with Gasteiger partial charge in [-0.25, -0.2) is 4.98 Å². The summed E-state index contributed by atoms with van der Waals surface area (Å²) in [6.07, 6.45) is 3.33. The largest absolute Gasteiger partial charge is 0.366 e. The fourth-order valence-corrected chi connectivity index (χ4v) is 4.20. The van der Waals surface area contributed by atoms with Crippen molar-refractivity contribution in [3.8, 4) is 0 Å². The Balaban J connectivity index is 1.67. The van der Waals surface area contributed by atoms with Gasteiger partial charge in [-0.3, -0.25) is 9.69 Å². The number of hydrogen-bond acceptors (Lipinski definition) is 4. The molecule has 1 aliphatic rings. The van der Waals surface area contributed by atoms with Crippen LogP contribution in [0.3, 0.4) is 0 Å². The van der Waals surface area contributed by atoms with E-state index in [0.717, 1.165) is 60.6 Å². The highest BCUT2D eigenvalue weighted by Crippen LogP contribution is 2.23. The molecular formula is C21H24ClN5O. The summed E-state index contributed by atoms with van der Waals surface area (Å²) in [4.78, 5) is 21.9. The number of rotatable bonds is 6. The average Bonchev–Trinajstić information content (AvgIpc) is 3.17. The lowest BCUT2D eigenvalue weighted by atomic mass is 9.95. The molecule has 1 atom stereocenters. The van der Waals surface area contributed by atoms with Gasteiger partial charge in [-0.1, -0.05) is 23.7 Å². The second kappa shape index (κ2) is 8.31. The number of H-pyrrole nitrogens is 1. The number of carbonyl (C=O) groups excluding carboxylic acids is 1. The van der Waals surface area contributed by atoms with Gasteiger partial charge in [0.15, 0.2) is 0 Å². The topological polar surface area (TPSA) is 87.0 Å². The number of fused-ring (bicyclic) bond motifs is 1. The molecule has 1 saturated heterocycles. The third-order valence-corrected chi connectivity index (χ3v) is 5.61. The third-order valence-electron chi connectivity index (χ3n) is 5.37. The standard InChI is InChI=1S/C21H24ClN5O/c22-17-3-1-2-14(8-17)9-18(27-6-4-24-5-7-27)11-15-10-16(21(23)28)12-19-20(15)26-13-25-19/h1-3,8,10,12-13,18,24H,4-7,9,11H2,(H2,23,28)(H,25,26). The quantitative estimate of drug-likeness (QED) is 0.596. The highest BCUT2D eigenvalue weighted by Gasteiger charge is 2.23. The summed E-state index contributed by atoms with van der Waals surface area (Å²) >= 11 is 6.20. The number of aromatic amines is 1. The molecule has 4 N–H and O–H groups in total. The van der Waals surface area contributed by atoms with Crippen LogP contribution >= 0.6 is 11.6 Å². The maximum atomic E-state index is 11.8. The van der Waals surface area contributed by atoms with Crippen LogP contribution in [0.2, 0.25) is 5.02 Å². The first-order valence-electron chi connectivity index (χ1n) is 9.55. The minimum atomic E-state index is -0.425. The smallest absolute Gasteiger partial charge is 0.248 e. The Bertz CT molecular complexity index is 980. The van der Waals surface area contributed by atoms with Crippen molar-refractivity contribution in [1.82, 2.24) is 20.2 Å². The minimum Gasteiger partial charge on any atom is -0.366 e. The molecule has 0 aliphatic carbocycles. The zero-order valence-corrected chi connectivity index (χ0v) is 16.4. The van der Waals surface area contributed by atoms with Gasteiger partial charge in [0.2, 0.25) is 5.91 Å². The van der Waals surface area contributed by atoms with Crippen molar-refractivity contribution in [3.63, 3.8) is 0 Å². The summed E-state index contributed by atoms with van der Waals surface area (Å²) < 4.78 is 0. The monoisotopic (exact) mass is 397 g/mol. The number of nitrogens with zero attached hydrogens (tertiary/aromatic N) is 2. The van der Waals surface area contributed by atoms with Gasteiger partial charge >= 0.3 is 0 Å². The highest BCUT2D eigenvalue weighted by molar-refractivity contribution is 6.30. The number of amides is 1. The first-order valence-corrected chi connectivity index (χ1v) is 9.93. The SMILES string of the molecule is NC(=O)c1cc(CC(Cc2cccc(Cl)c2)N2CCNCC2)c2nc[nH]c2c1. The van der Waals surface area contributed by atoms with Gasteiger partial charge in [-0.05, 0) is 48.2 Å². The number of benzene rings is 2. The van der Waals surface area contributed by atoms with E-state index in [4.69, 9.17) is 17.3 Å². The van der Waals surface area contributed by atoms with Gasteiger partial charge < -0.3 is 16.0 Å². The van der Waals surface area contributed by atoms with E-state index in [1.165, 1.54) is 5.56 Å². The van der Waals surface area contributed by atoms with Gasteiger partial charge in [0, 0.05) is 42.8 Å². The molecule has 2 heterocycles. The summed E-state index contributed by atoms with van der Waals surface area (Å²) in [6, 6.07) is 12.0. The van der Waals surface area contributed by atoms with Gasteiger partial charge in [0.05, 0.1) is 17.4 Å². The van der Waals surface area contributed by atoms with Crippen LogP contribution in [-0.2, 0) is 12.8 Å². The normalized spacial score (nSPS) is 16.3. The molecule has 3 aromatic rings. The number of aromatic nitrogens is 2. The zero-order chi connectivity index (χ0) is 19.5. The lowest BCUT2D eigenvalue weighted by Crippen LogP contribution is -2.49. The molecule has 0 saturated carbocycles. The first-order chi connectivity index (χ1) is 13.6. The molecule has 146 valence electrons. The molecule has 1 aromatic heterocycles. The molecule has 2 aromatic carbocycles. The van der Waals surface area contributed by atoms with Crippen molar-refractivity contribution in [1.29, 1.82) is 0 Å². The van der Waals surface area contributed by atoms with Crippen molar-refractivity contribution >= 4 is 28.5 Å². The van der Waals surface area contributed by atoms with E-state index in [1.807, 2.05) is 24.3 Å². The van der Waals surface area contributed by atoms with E-state index in [2.05, 4.69) is 26.3 Å². The summed E-state index contributed by atoms with van der Waals surface area (Å²) in [5, 5.41) is 4.17. The summed E-state index contributed by atoms with van der Waals surface area (Å²) in [6.45, 7) is 3.94. The lowest BCUT2D eigenvalue weighted by Gasteiger charge is -2.35. The molecule has 0 bridgehead atoms. The second-order valence-corrected chi connectivity index (χ2v) is 7.71.